The maximum atomic E-state index is 12.7. The van der Waals surface area contributed by atoms with E-state index >= 15 is 0 Å². The summed E-state index contributed by atoms with van der Waals surface area (Å²) < 4.78 is 5.42. The summed E-state index contributed by atoms with van der Waals surface area (Å²) in [4.78, 5) is 41.3. The van der Waals surface area contributed by atoms with E-state index in [0.717, 1.165) is 21.1 Å². The number of aryl methyl sites for hydroxylation is 2. The molecule has 6 nitrogen and oxygen atoms in total. The molecule has 2 aromatic rings. The molecule has 1 aliphatic rings. The summed E-state index contributed by atoms with van der Waals surface area (Å²) >= 11 is 1.60. The van der Waals surface area contributed by atoms with Gasteiger partial charge in [-0.25, -0.2) is 0 Å². The number of ether oxygens (including phenoxy) is 1. The third kappa shape index (κ3) is 6.17. The molecular formula is C24H30N2O4S. The highest BCUT2D eigenvalue weighted by molar-refractivity contribution is 7.12. The number of hydrogen-bond acceptors (Lipinski definition) is 5. The van der Waals surface area contributed by atoms with Crippen molar-refractivity contribution in [3.63, 3.8) is 0 Å². The molecular weight excluding hydrogens is 412 g/mol. The minimum Gasteiger partial charge on any atom is -0.494 e. The number of benzene rings is 1. The van der Waals surface area contributed by atoms with Gasteiger partial charge in [-0.2, -0.15) is 0 Å². The Morgan fingerprint density at radius 3 is 2.35 bits per heavy atom. The number of nitrogens with zero attached hydrogens (tertiary/aromatic N) is 1. The van der Waals surface area contributed by atoms with Gasteiger partial charge in [0.05, 0.1) is 6.61 Å². The first kappa shape index (κ1) is 23.0. The van der Waals surface area contributed by atoms with Crippen LogP contribution >= 0.6 is 11.3 Å². The number of thiophene rings is 1. The first-order chi connectivity index (χ1) is 14.9. The summed E-state index contributed by atoms with van der Waals surface area (Å²) in [6, 6.07) is 9.13. The van der Waals surface area contributed by atoms with Crippen LogP contribution in [0.5, 0.6) is 5.75 Å². The molecule has 0 saturated carbocycles. The molecule has 1 N–H and O–H groups in total. The Morgan fingerprint density at radius 1 is 1.10 bits per heavy atom. The lowest BCUT2D eigenvalue weighted by molar-refractivity contribution is -0.122. The van der Waals surface area contributed by atoms with Gasteiger partial charge in [-0.3, -0.25) is 14.4 Å². The molecule has 31 heavy (non-hydrogen) atoms. The lowest BCUT2D eigenvalue weighted by Crippen LogP contribution is -2.46. The van der Waals surface area contributed by atoms with Crippen LogP contribution in [0, 0.1) is 13.8 Å². The van der Waals surface area contributed by atoms with E-state index in [4.69, 9.17) is 4.74 Å². The monoisotopic (exact) mass is 442 g/mol. The molecule has 1 aliphatic heterocycles. The number of rotatable bonds is 8. The van der Waals surface area contributed by atoms with E-state index in [0.29, 0.717) is 38.1 Å². The molecule has 0 radical (unpaired) electrons. The smallest absolute Gasteiger partial charge is 0.253 e. The van der Waals surface area contributed by atoms with Crippen LogP contribution in [0.25, 0.3) is 0 Å². The second-order valence-electron chi connectivity index (χ2n) is 7.84. The van der Waals surface area contributed by atoms with Gasteiger partial charge in [0, 0.05) is 52.9 Å². The fourth-order valence-corrected chi connectivity index (χ4v) is 4.78. The van der Waals surface area contributed by atoms with E-state index in [-0.39, 0.29) is 36.5 Å². The number of carbonyl (C=O) groups excluding carboxylic acids is 3. The van der Waals surface area contributed by atoms with Crippen molar-refractivity contribution in [2.45, 2.75) is 52.5 Å². The van der Waals surface area contributed by atoms with Gasteiger partial charge in [-0.1, -0.05) is 0 Å². The number of likely N-dealkylation sites (tertiary alicyclic amines) is 1. The van der Waals surface area contributed by atoms with E-state index in [1.165, 1.54) is 0 Å². The van der Waals surface area contributed by atoms with Gasteiger partial charge >= 0.3 is 0 Å². The van der Waals surface area contributed by atoms with Gasteiger partial charge in [-0.05, 0) is 63.9 Å². The van der Waals surface area contributed by atoms with Crippen molar-refractivity contribution >= 4 is 28.9 Å². The van der Waals surface area contributed by atoms with Crippen LogP contribution in [0.1, 0.15) is 63.1 Å². The Hall–Kier alpha value is -2.67. The van der Waals surface area contributed by atoms with E-state index in [1.54, 1.807) is 23.5 Å². The van der Waals surface area contributed by atoms with Crippen molar-refractivity contribution in [2.75, 3.05) is 19.7 Å². The molecule has 3 rings (SSSR count). The van der Waals surface area contributed by atoms with Gasteiger partial charge in [0.25, 0.3) is 5.91 Å². The summed E-state index contributed by atoms with van der Waals surface area (Å²) in [5, 5.41) is 3.02. The van der Waals surface area contributed by atoms with E-state index in [9.17, 15) is 14.4 Å². The van der Waals surface area contributed by atoms with E-state index in [1.807, 2.05) is 43.9 Å². The average Bonchev–Trinajstić information content (AvgIpc) is 3.11. The lowest BCUT2D eigenvalue weighted by Gasteiger charge is -2.32. The Kier molecular flexibility index (Phi) is 7.85. The molecule has 0 aliphatic carbocycles. The van der Waals surface area contributed by atoms with Crippen LogP contribution in [0.3, 0.4) is 0 Å². The van der Waals surface area contributed by atoms with E-state index in [2.05, 4.69) is 5.32 Å². The van der Waals surface area contributed by atoms with Crippen molar-refractivity contribution in [2.24, 2.45) is 0 Å². The van der Waals surface area contributed by atoms with Crippen LogP contribution < -0.4 is 10.1 Å². The Balaban J connectivity index is 1.42. The zero-order valence-electron chi connectivity index (χ0n) is 18.4. The molecule has 0 unspecified atom stereocenters. The number of hydrogen-bond donors (Lipinski definition) is 1. The van der Waals surface area contributed by atoms with Crippen molar-refractivity contribution in [3.05, 3.63) is 51.2 Å². The molecule has 0 spiro atoms. The van der Waals surface area contributed by atoms with Crippen LogP contribution in [0.15, 0.2) is 30.3 Å². The Labute approximate surface area is 187 Å². The zero-order valence-corrected chi connectivity index (χ0v) is 19.2. The molecule has 2 heterocycles. The van der Waals surface area contributed by atoms with Gasteiger partial charge in [0.15, 0.2) is 5.78 Å². The average molecular weight is 443 g/mol. The summed E-state index contributed by atoms with van der Waals surface area (Å²) in [7, 11) is 0. The topological polar surface area (TPSA) is 75.7 Å². The fraction of sp³-hybridized carbons (Fsp3) is 0.458. The van der Waals surface area contributed by atoms with Crippen molar-refractivity contribution in [3.8, 4) is 5.75 Å². The molecule has 1 saturated heterocycles. The summed E-state index contributed by atoms with van der Waals surface area (Å²) in [5.41, 5.74) is 1.37. The van der Waals surface area contributed by atoms with Crippen molar-refractivity contribution in [1.82, 2.24) is 10.2 Å². The normalized spacial score (nSPS) is 14.4. The molecule has 7 heteroatoms. The third-order valence-corrected chi connectivity index (χ3v) is 6.45. The standard InChI is InChI=1S/C24H30N2O4S/c1-4-30-20-7-5-18(6-8-20)24(29)26-13-11-19(12-14-26)25-23(28)10-9-22(27)21-15-16(2)31-17(21)3/h5-8,15,19H,4,9-14H2,1-3H3,(H,25,28). The number of nitrogens with one attached hydrogen (secondary N) is 1. The predicted octanol–water partition coefficient (Wildman–Crippen LogP) is 4.15. The Morgan fingerprint density at radius 2 is 1.77 bits per heavy atom. The SMILES string of the molecule is CCOc1ccc(C(=O)N2CCC(NC(=O)CCC(=O)c3cc(C)sc3C)CC2)cc1. The number of amides is 2. The molecule has 1 aromatic carbocycles. The maximum Gasteiger partial charge on any atom is 0.253 e. The highest BCUT2D eigenvalue weighted by Gasteiger charge is 2.25. The minimum absolute atomic E-state index is 0.000141. The van der Waals surface area contributed by atoms with E-state index < -0.39 is 0 Å². The number of carbonyl (C=O) groups is 3. The molecule has 2 amide bonds. The lowest BCUT2D eigenvalue weighted by atomic mass is 10.0. The molecule has 0 bridgehead atoms. The largest absolute Gasteiger partial charge is 0.494 e. The molecule has 1 aromatic heterocycles. The van der Waals surface area contributed by atoms with Crippen LogP contribution in [-0.2, 0) is 4.79 Å². The summed E-state index contributed by atoms with van der Waals surface area (Å²) in [6.45, 7) is 7.63. The van der Waals surface area contributed by atoms with Gasteiger partial charge in [0.1, 0.15) is 5.75 Å². The van der Waals surface area contributed by atoms with Gasteiger partial charge in [0.2, 0.25) is 5.91 Å². The predicted molar refractivity (Wildman–Crippen MR) is 122 cm³/mol. The summed E-state index contributed by atoms with van der Waals surface area (Å²) in [6.07, 6.45) is 1.84. The van der Waals surface area contributed by atoms with Gasteiger partial charge < -0.3 is 15.0 Å². The fourth-order valence-electron chi connectivity index (χ4n) is 3.84. The highest BCUT2D eigenvalue weighted by Crippen LogP contribution is 2.22. The Bertz CT molecular complexity index is 928. The second-order valence-corrected chi connectivity index (χ2v) is 9.30. The second kappa shape index (κ2) is 10.6. The minimum atomic E-state index is -0.103. The van der Waals surface area contributed by atoms with Crippen LogP contribution in [0.4, 0.5) is 0 Å². The van der Waals surface area contributed by atoms with Crippen LogP contribution in [-0.4, -0.2) is 48.2 Å². The van der Waals surface area contributed by atoms with Crippen molar-refractivity contribution in [1.29, 1.82) is 0 Å². The number of piperidine rings is 1. The zero-order chi connectivity index (χ0) is 22.4. The molecule has 166 valence electrons. The first-order valence-electron chi connectivity index (χ1n) is 10.8. The van der Waals surface area contributed by atoms with Crippen molar-refractivity contribution < 1.29 is 19.1 Å². The highest BCUT2D eigenvalue weighted by atomic mass is 32.1. The molecule has 1 fully saturated rings. The third-order valence-electron chi connectivity index (χ3n) is 5.48. The number of ketones is 1. The maximum absolute atomic E-state index is 12.7. The quantitative estimate of drug-likeness (QED) is 0.623. The first-order valence-corrected chi connectivity index (χ1v) is 11.6. The molecule has 0 atom stereocenters. The number of Topliss-reactive ketones (excluding diaryl/α,β-unsaturated/α-hetero) is 1. The summed E-state index contributed by atoms with van der Waals surface area (Å²) in [5.74, 6) is 0.671. The van der Waals surface area contributed by atoms with Gasteiger partial charge in [-0.15, -0.1) is 11.3 Å². The van der Waals surface area contributed by atoms with Crippen LogP contribution in [0.2, 0.25) is 0 Å².